The molecule has 2 N–H and O–H groups in total. The standard InChI is InChI=1S/C34H38N4S2/c1-3-37-23-17-29(18-24-37)13-15-31-9-5-7-11-33(31)35-21-27-39-40-28-22-36-34-12-8-6-10-32(34)16-14-30-19-25-38(4-2)26-20-30/h5-20,23-26H,3-4,21-22,27-28H2,1-2H3/p+2. The molecule has 2 heterocycles. The molecule has 0 aliphatic heterocycles. The Labute approximate surface area is 247 Å². The molecule has 0 bridgehead atoms. The summed E-state index contributed by atoms with van der Waals surface area (Å²) in [5.41, 5.74) is 7.19. The van der Waals surface area contributed by atoms with E-state index >= 15 is 0 Å². The van der Waals surface area contributed by atoms with Crippen molar-refractivity contribution in [1.82, 2.24) is 0 Å². The normalized spacial score (nSPS) is 11.3. The minimum Gasteiger partial charge on any atom is -0.384 e. The van der Waals surface area contributed by atoms with Gasteiger partial charge in [-0.25, -0.2) is 9.13 Å². The molecule has 206 valence electrons. The predicted octanol–water partition coefficient (Wildman–Crippen LogP) is 7.55. The van der Waals surface area contributed by atoms with E-state index < -0.39 is 0 Å². The van der Waals surface area contributed by atoms with Gasteiger partial charge in [0.1, 0.15) is 13.1 Å². The van der Waals surface area contributed by atoms with E-state index in [1.54, 1.807) is 0 Å². The molecule has 0 atom stereocenters. The molecule has 4 aromatic rings. The van der Waals surface area contributed by atoms with Gasteiger partial charge in [-0.05, 0) is 48.2 Å². The molecule has 0 fully saturated rings. The number of nitrogens with zero attached hydrogens (tertiary/aromatic N) is 2. The summed E-state index contributed by atoms with van der Waals surface area (Å²) in [7, 11) is 3.84. The van der Waals surface area contributed by atoms with Crippen LogP contribution in [0.5, 0.6) is 0 Å². The summed E-state index contributed by atoms with van der Waals surface area (Å²) in [6.07, 6.45) is 17.2. The van der Waals surface area contributed by atoms with Crippen LogP contribution in [0.25, 0.3) is 24.3 Å². The SMILES string of the molecule is CC[n+]1ccc(C=Cc2ccccc2NCCSSCCNc2ccccc2C=Cc2cc[n+](CC)cc2)cc1. The number of aryl methyl sites for hydroxylation is 2. The molecule has 0 spiro atoms. The van der Waals surface area contributed by atoms with E-state index in [0.717, 1.165) is 37.7 Å². The average molecular weight is 569 g/mol. The Bertz CT molecular complexity index is 1260. The Morgan fingerprint density at radius 3 is 1.35 bits per heavy atom. The van der Waals surface area contributed by atoms with Gasteiger partial charge in [0, 0.05) is 60.2 Å². The second-order valence-corrected chi connectivity index (χ2v) is 12.0. The van der Waals surface area contributed by atoms with Gasteiger partial charge in [-0.15, -0.1) is 0 Å². The molecule has 0 saturated heterocycles. The van der Waals surface area contributed by atoms with E-state index in [1.165, 1.54) is 33.6 Å². The minimum absolute atomic E-state index is 0.934. The van der Waals surface area contributed by atoms with Gasteiger partial charge in [-0.3, -0.25) is 0 Å². The van der Waals surface area contributed by atoms with Gasteiger partial charge in [-0.1, -0.05) is 82.3 Å². The molecular formula is C34H40N4S2+2. The lowest BCUT2D eigenvalue weighted by Gasteiger charge is -2.10. The first-order valence-electron chi connectivity index (χ1n) is 14.0. The highest BCUT2D eigenvalue weighted by atomic mass is 33.1. The van der Waals surface area contributed by atoms with Gasteiger partial charge in [0.15, 0.2) is 24.8 Å². The smallest absolute Gasteiger partial charge is 0.169 e. The maximum atomic E-state index is 3.61. The fourth-order valence-electron chi connectivity index (χ4n) is 4.13. The van der Waals surface area contributed by atoms with Crippen LogP contribution >= 0.6 is 21.6 Å². The maximum Gasteiger partial charge on any atom is 0.169 e. The molecule has 0 unspecified atom stereocenters. The van der Waals surface area contributed by atoms with Crippen LogP contribution in [0, 0.1) is 0 Å². The number of hydrogen-bond acceptors (Lipinski definition) is 4. The van der Waals surface area contributed by atoms with Gasteiger partial charge in [0.25, 0.3) is 0 Å². The predicted molar refractivity (Wildman–Crippen MR) is 177 cm³/mol. The number of nitrogens with one attached hydrogen (secondary N) is 2. The molecular weight excluding hydrogens is 529 g/mol. The third kappa shape index (κ3) is 9.61. The maximum absolute atomic E-state index is 3.61. The van der Waals surface area contributed by atoms with Crippen LogP contribution in [-0.4, -0.2) is 24.6 Å². The van der Waals surface area contributed by atoms with E-state index in [1.807, 2.05) is 21.6 Å². The molecule has 40 heavy (non-hydrogen) atoms. The summed E-state index contributed by atoms with van der Waals surface area (Å²) < 4.78 is 4.34. The summed E-state index contributed by atoms with van der Waals surface area (Å²) in [6, 6.07) is 25.6. The van der Waals surface area contributed by atoms with Crippen LogP contribution in [0.4, 0.5) is 11.4 Å². The molecule has 6 heteroatoms. The van der Waals surface area contributed by atoms with Crippen molar-refractivity contribution in [2.24, 2.45) is 0 Å². The molecule has 0 aliphatic rings. The highest BCUT2D eigenvalue weighted by Crippen LogP contribution is 2.23. The highest BCUT2D eigenvalue weighted by Gasteiger charge is 2.02. The van der Waals surface area contributed by atoms with E-state index in [9.17, 15) is 0 Å². The van der Waals surface area contributed by atoms with Gasteiger partial charge >= 0.3 is 0 Å². The number of hydrogen-bond donors (Lipinski definition) is 2. The number of rotatable bonds is 15. The third-order valence-corrected chi connectivity index (χ3v) is 8.89. The van der Waals surface area contributed by atoms with E-state index in [-0.39, 0.29) is 0 Å². The lowest BCUT2D eigenvalue weighted by atomic mass is 10.1. The number of para-hydroxylation sites is 2. The molecule has 4 nitrogen and oxygen atoms in total. The first kappa shape index (κ1) is 29.5. The van der Waals surface area contributed by atoms with E-state index in [0.29, 0.717) is 0 Å². The molecule has 0 amide bonds. The van der Waals surface area contributed by atoms with Crippen molar-refractivity contribution >= 4 is 57.3 Å². The zero-order valence-corrected chi connectivity index (χ0v) is 25.1. The molecule has 0 aliphatic carbocycles. The van der Waals surface area contributed by atoms with Gasteiger partial charge < -0.3 is 10.6 Å². The molecule has 0 radical (unpaired) electrons. The van der Waals surface area contributed by atoms with Crippen molar-refractivity contribution in [1.29, 1.82) is 0 Å². The first-order chi connectivity index (χ1) is 19.7. The van der Waals surface area contributed by atoms with Crippen molar-refractivity contribution in [3.63, 3.8) is 0 Å². The lowest BCUT2D eigenvalue weighted by Crippen LogP contribution is -2.30. The van der Waals surface area contributed by atoms with Crippen molar-refractivity contribution in [2.45, 2.75) is 26.9 Å². The summed E-state index contributed by atoms with van der Waals surface area (Å²) in [5, 5.41) is 7.22. The second-order valence-electron chi connectivity index (χ2n) is 9.26. The Hall–Kier alpha value is -3.48. The summed E-state index contributed by atoms with van der Waals surface area (Å²) in [5.74, 6) is 2.10. The van der Waals surface area contributed by atoms with Gasteiger partial charge in [-0.2, -0.15) is 0 Å². The van der Waals surface area contributed by atoms with E-state index in [4.69, 9.17) is 0 Å². The van der Waals surface area contributed by atoms with Crippen LogP contribution in [0.15, 0.2) is 97.6 Å². The Balaban J connectivity index is 1.16. The van der Waals surface area contributed by atoms with Crippen molar-refractivity contribution < 1.29 is 9.13 Å². The third-order valence-electron chi connectivity index (χ3n) is 6.48. The summed E-state index contributed by atoms with van der Waals surface area (Å²) in [4.78, 5) is 0. The first-order valence-corrected chi connectivity index (χ1v) is 16.5. The average Bonchev–Trinajstić information content (AvgIpc) is 3.01. The fourth-order valence-corrected chi connectivity index (χ4v) is 5.95. The fraction of sp³-hybridized carbons (Fsp3) is 0.235. The minimum atomic E-state index is 0.934. The second kappa shape index (κ2) is 16.6. The Morgan fingerprint density at radius 2 is 0.950 bits per heavy atom. The van der Waals surface area contributed by atoms with E-state index in [2.05, 4.69) is 156 Å². The zero-order valence-electron chi connectivity index (χ0n) is 23.5. The monoisotopic (exact) mass is 568 g/mol. The largest absolute Gasteiger partial charge is 0.384 e. The van der Waals surface area contributed by atoms with Crippen LogP contribution in [0.3, 0.4) is 0 Å². The summed E-state index contributed by atoms with van der Waals surface area (Å²) in [6.45, 7) is 8.15. The van der Waals surface area contributed by atoms with Gasteiger partial charge in [0.2, 0.25) is 0 Å². The van der Waals surface area contributed by atoms with Crippen LogP contribution in [-0.2, 0) is 13.1 Å². The number of benzene rings is 2. The van der Waals surface area contributed by atoms with Gasteiger partial charge in [0.05, 0.1) is 0 Å². The Kier molecular flexibility index (Phi) is 12.2. The van der Waals surface area contributed by atoms with Crippen LogP contribution < -0.4 is 19.8 Å². The summed E-state index contributed by atoms with van der Waals surface area (Å²) >= 11 is 0. The molecule has 0 saturated carbocycles. The highest BCUT2D eigenvalue weighted by molar-refractivity contribution is 8.76. The quantitative estimate of drug-likeness (QED) is 0.0881. The number of pyridine rings is 2. The Morgan fingerprint density at radius 1 is 0.550 bits per heavy atom. The van der Waals surface area contributed by atoms with Crippen molar-refractivity contribution in [3.05, 3.63) is 120 Å². The molecule has 2 aromatic carbocycles. The van der Waals surface area contributed by atoms with Crippen LogP contribution in [0.1, 0.15) is 36.1 Å². The van der Waals surface area contributed by atoms with Crippen LogP contribution in [0.2, 0.25) is 0 Å². The topological polar surface area (TPSA) is 31.8 Å². The molecule has 2 aromatic heterocycles. The van der Waals surface area contributed by atoms with Crippen molar-refractivity contribution in [3.8, 4) is 0 Å². The number of aromatic nitrogens is 2. The lowest BCUT2D eigenvalue weighted by molar-refractivity contribution is -0.693. The molecule has 4 rings (SSSR count). The number of anilines is 2. The van der Waals surface area contributed by atoms with Crippen molar-refractivity contribution in [2.75, 3.05) is 35.2 Å². The zero-order chi connectivity index (χ0) is 27.8.